The number of nitrogen functional groups attached to an aromatic ring is 1. The van der Waals surface area contributed by atoms with E-state index in [9.17, 15) is 9.59 Å². The molecule has 0 amide bonds. The summed E-state index contributed by atoms with van der Waals surface area (Å²) >= 11 is 0. The first-order valence-electron chi connectivity index (χ1n) is 3.64. The van der Waals surface area contributed by atoms with Gasteiger partial charge in [0.2, 0.25) is 0 Å². The third-order valence-electron chi connectivity index (χ3n) is 1.89. The Kier molecular flexibility index (Phi) is 2.10. The quantitative estimate of drug-likeness (QED) is 0.638. The summed E-state index contributed by atoms with van der Waals surface area (Å²) < 4.78 is 1.20. The van der Waals surface area contributed by atoms with Crippen LogP contribution in [0.3, 0.4) is 0 Å². The van der Waals surface area contributed by atoms with Crippen LogP contribution in [0.25, 0.3) is 0 Å². The van der Waals surface area contributed by atoms with Crippen molar-refractivity contribution in [3.63, 3.8) is 0 Å². The van der Waals surface area contributed by atoms with E-state index < -0.39 is 5.97 Å². The molecule has 5 heteroatoms. The number of carboxylic acids is 1. The van der Waals surface area contributed by atoms with Crippen molar-refractivity contribution in [2.45, 2.75) is 6.92 Å². The summed E-state index contributed by atoms with van der Waals surface area (Å²) in [6, 6.07) is 0. The zero-order valence-corrected chi connectivity index (χ0v) is 7.37. The molecule has 1 aromatic rings. The molecule has 0 aliphatic carbocycles. The lowest BCUT2D eigenvalue weighted by Crippen LogP contribution is -2.23. The third kappa shape index (κ3) is 1.40. The normalized spacial score (nSPS) is 10.0. The molecule has 0 unspecified atom stereocenters. The molecule has 0 bridgehead atoms. The summed E-state index contributed by atoms with van der Waals surface area (Å²) in [5.41, 5.74) is 5.45. The fourth-order valence-electron chi connectivity index (χ4n) is 1.07. The van der Waals surface area contributed by atoms with Crippen LogP contribution in [0.4, 0.5) is 5.69 Å². The average molecular weight is 182 g/mol. The second-order valence-corrected chi connectivity index (χ2v) is 2.80. The van der Waals surface area contributed by atoms with Crippen molar-refractivity contribution < 1.29 is 9.90 Å². The number of aromatic carboxylic acids is 1. The SMILES string of the molecule is Cc1c(N)c(C(=O)O)cn(C)c1=O. The van der Waals surface area contributed by atoms with E-state index in [-0.39, 0.29) is 22.4 Å². The molecular formula is C8H10N2O3. The summed E-state index contributed by atoms with van der Waals surface area (Å²) in [7, 11) is 1.49. The van der Waals surface area contributed by atoms with Crippen molar-refractivity contribution in [1.82, 2.24) is 4.57 Å². The summed E-state index contributed by atoms with van der Waals surface area (Å²) in [5, 5.41) is 8.71. The monoisotopic (exact) mass is 182 g/mol. The number of carbonyl (C=O) groups is 1. The van der Waals surface area contributed by atoms with Gasteiger partial charge in [-0.1, -0.05) is 0 Å². The topological polar surface area (TPSA) is 85.3 Å². The van der Waals surface area contributed by atoms with Gasteiger partial charge in [0, 0.05) is 18.8 Å². The highest BCUT2D eigenvalue weighted by Gasteiger charge is 2.13. The number of rotatable bonds is 1. The molecule has 0 saturated heterocycles. The van der Waals surface area contributed by atoms with Gasteiger partial charge in [-0.15, -0.1) is 0 Å². The van der Waals surface area contributed by atoms with Crippen LogP contribution >= 0.6 is 0 Å². The van der Waals surface area contributed by atoms with E-state index in [4.69, 9.17) is 10.8 Å². The molecule has 0 radical (unpaired) electrons. The Morgan fingerprint density at radius 3 is 2.62 bits per heavy atom. The second-order valence-electron chi connectivity index (χ2n) is 2.80. The molecule has 0 fully saturated rings. The van der Waals surface area contributed by atoms with Crippen molar-refractivity contribution in [3.8, 4) is 0 Å². The molecule has 0 saturated carbocycles. The summed E-state index contributed by atoms with van der Waals surface area (Å²) in [5.74, 6) is -1.13. The van der Waals surface area contributed by atoms with Gasteiger partial charge in [-0.25, -0.2) is 4.79 Å². The van der Waals surface area contributed by atoms with Gasteiger partial charge < -0.3 is 15.4 Å². The zero-order chi connectivity index (χ0) is 10.2. The molecule has 5 nitrogen and oxygen atoms in total. The van der Waals surface area contributed by atoms with Crippen LogP contribution in [0.2, 0.25) is 0 Å². The van der Waals surface area contributed by atoms with E-state index >= 15 is 0 Å². The molecule has 0 spiro atoms. The van der Waals surface area contributed by atoms with E-state index in [0.717, 1.165) is 0 Å². The Hall–Kier alpha value is -1.78. The van der Waals surface area contributed by atoms with E-state index in [0.29, 0.717) is 0 Å². The first-order chi connectivity index (χ1) is 5.95. The molecule has 1 rings (SSSR count). The van der Waals surface area contributed by atoms with Crippen LogP contribution < -0.4 is 11.3 Å². The number of aromatic nitrogens is 1. The minimum absolute atomic E-state index is 0.0376. The summed E-state index contributed by atoms with van der Waals surface area (Å²) in [4.78, 5) is 21.9. The van der Waals surface area contributed by atoms with Gasteiger partial charge in [-0.2, -0.15) is 0 Å². The molecule has 1 heterocycles. The largest absolute Gasteiger partial charge is 0.478 e. The van der Waals surface area contributed by atoms with E-state index in [2.05, 4.69) is 0 Å². The highest BCUT2D eigenvalue weighted by atomic mass is 16.4. The molecule has 13 heavy (non-hydrogen) atoms. The number of nitrogens with zero attached hydrogens (tertiary/aromatic N) is 1. The summed E-state index contributed by atoms with van der Waals surface area (Å²) in [6.45, 7) is 1.50. The minimum Gasteiger partial charge on any atom is -0.478 e. The lowest BCUT2D eigenvalue weighted by molar-refractivity contribution is 0.0697. The van der Waals surface area contributed by atoms with Gasteiger partial charge in [-0.3, -0.25) is 4.79 Å². The number of hydrogen-bond donors (Lipinski definition) is 2. The molecule has 0 atom stereocenters. The van der Waals surface area contributed by atoms with Gasteiger partial charge in [0.05, 0.1) is 11.3 Å². The Labute approximate surface area is 74.4 Å². The van der Waals surface area contributed by atoms with Crippen LogP contribution in [0.1, 0.15) is 15.9 Å². The van der Waals surface area contributed by atoms with Crippen LogP contribution in [-0.4, -0.2) is 15.6 Å². The smallest absolute Gasteiger partial charge is 0.339 e. The predicted molar refractivity (Wildman–Crippen MR) is 47.8 cm³/mol. The number of pyridine rings is 1. The molecule has 1 aromatic heterocycles. The van der Waals surface area contributed by atoms with Crippen molar-refractivity contribution in [2.24, 2.45) is 7.05 Å². The molecule has 0 aromatic carbocycles. The molecule has 3 N–H and O–H groups in total. The highest BCUT2D eigenvalue weighted by molar-refractivity contribution is 5.93. The number of aryl methyl sites for hydroxylation is 1. The standard InChI is InChI=1S/C8H10N2O3/c1-4-6(9)5(8(12)13)3-10(2)7(4)11/h3H,9H2,1-2H3,(H,12,13). The van der Waals surface area contributed by atoms with Crippen LogP contribution in [-0.2, 0) is 7.05 Å². The maximum atomic E-state index is 11.3. The van der Waals surface area contributed by atoms with E-state index in [1.165, 1.54) is 24.7 Å². The van der Waals surface area contributed by atoms with E-state index in [1.807, 2.05) is 0 Å². The third-order valence-corrected chi connectivity index (χ3v) is 1.89. The Balaban J connectivity index is 3.60. The average Bonchev–Trinajstić information content (AvgIpc) is 2.07. The fourth-order valence-corrected chi connectivity index (χ4v) is 1.07. The number of anilines is 1. The van der Waals surface area contributed by atoms with Gasteiger partial charge in [0.25, 0.3) is 5.56 Å². The van der Waals surface area contributed by atoms with Gasteiger partial charge in [0.1, 0.15) is 0 Å². The molecule has 70 valence electrons. The first kappa shape index (κ1) is 9.31. The van der Waals surface area contributed by atoms with Crippen LogP contribution in [0.5, 0.6) is 0 Å². The first-order valence-corrected chi connectivity index (χ1v) is 3.64. The number of hydrogen-bond acceptors (Lipinski definition) is 3. The number of carboxylic acid groups (broad SMARTS) is 1. The van der Waals surface area contributed by atoms with Crippen LogP contribution in [0, 0.1) is 6.92 Å². The molecule has 0 aliphatic rings. The minimum atomic E-state index is -1.13. The van der Waals surface area contributed by atoms with Gasteiger partial charge in [0.15, 0.2) is 0 Å². The lowest BCUT2D eigenvalue weighted by atomic mass is 10.1. The lowest BCUT2D eigenvalue weighted by Gasteiger charge is -2.06. The van der Waals surface area contributed by atoms with Crippen molar-refractivity contribution in [3.05, 3.63) is 27.7 Å². The Morgan fingerprint density at radius 2 is 2.15 bits per heavy atom. The predicted octanol–water partition coefficient (Wildman–Crippen LogP) is -0.0259. The van der Waals surface area contributed by atoms with Crippen molar-refractivity contribution >= 4 is 11.7 Å². The fraction of sp³-hybridized carbons (Fsp3) is 0.250. The molecule has 0 aliphatic heterocycles. The maximum absolute atomic E-state index is 11.3. The zero-order valence-electron chi connectivity index (χ0n) is 7.37. The molecular weight excluding hydrogens is 172 g/mol. The highest BCUT2D eigenvalue weighted by Crippen LogP contribution is 2.12. The number of nitrogens with two attached hydrogens (primary N) is 1. The summed E-state index contributed by atoms with van der Waals surface area (Å²) in [6.07, 6.45) is 1.22. The van der Waals surface area contributed by atoms with Crippen molar-refractivity contribution in [2.75, 3.05) is 5.73 Å². The van der Waals surface area contributed by atoms with Gasteiger partial charge >= 0.3 is 5.97 Å². The van der Waals surface area contributed by atoms with Crippen molar-refractivity contribution in [1.29, 1.82) is 0 Å². The Morgan fingerprint density at radius 1 is 1.62 bits per heavy atom. The van der Waals surface area contributed by atoms with Crippen LogP contribution in [0.15, 0.2) is 11.0 Å². The van der Waals surface area contributed by atoms with E-state index in [1.54, 1.807) is 0 Å². The van der Waals surface area contributed by atoms with Gasteiger partial charge in [-0.05, 0) is 6.92 Å². The second kappa shape index (κ2) is 2.93. The maximum Gasteiger partial charge on any atom is 0.339 e. The Bertz CT molecular complexity index is 420.